The van der Waals surface area contributed by atoms with E-state index in [4.69, 9.17) is 15.9 Å². The summed E-state index contributed by atoms with van der Waals surface area (Å²) < 4.78 is 11.2. The molecule has 1 atom stereocenters. The largest absolute Gasteiger partial charge is 0.350 e. The Morgan fingerprint density at radius 1 is 1.12 bits per heavy atom. The third-order valence-electron chi connectivity index (χ3n) is 3.09. The van der Waals surface area contributed by atoms with Crippen molar-refractivity contribution in [3.63, 3.8) is 0 Å². The van der Waals surface area contributed by atoms with Gasteiger partial charge in [-0.15, -0.1) is 6.42 Å². The highest BCUT2D eigenvalue weighted by atomic mass is 16.7. The molecule has 1 aliphatic rings. The monoisotopic (exact) mass is 224 g/mol. The molecule has 1 rings (SSSR count). The zero-order chi connectivity index (χ0) is 11.6. The second-order valence-corrected chi connectivity index (χ2v) is 4.54. The molecular weight excluding hydrogens is 200 g/mol. The molecule has 16 heavy (non-hydrogen) atoms. The summed E-state index contributed by atoms with van der Waals surface area (Å²) >= 11 is 0. The zero-order valence-electron chi connectivity index (χ0n) is 10.4. The standard InChI is InChI=1S/C14H24O2/c1-3-12-15-13(2)16-14-10-8-6-4-5-7-9-11-14/h1,13-14H,4-12H2,2H3. The van der Waals surface area contributed by atoms with Gasteiger partial charge in [0.2, 0.25) is 0 Å². The molecule has 0 radical (unpaired) electrons. The Hall–Kier alpha value is -0.520. The van der Waals surface area contributed by atoms with Crippen LogP contribution >= 0.6 is 0 Å². The minimum atomic E-state index is -0.165. The van der Waals surface area contributed by atoms with Crippen molar-refractivity contribution in [2.24, 2.45) is 0 Å². The van der Waals surface area contributed by atoms with Gasteiger partial charge in [0, 0.05) is 0 Å². The molecule has 1 saturated carbocycles. The van der Waals surface area contributed by atoms with Crippen LogP contribution in [0.2, 0.25) is 0 Å². The van der Waals surface area contributed by atoms with Gasteiger partial charge in [-0.05, 0) is 19.8 Å². The number of hydrogen-bond acceptors (Lipinski definition) is 2. The average Bonchev–Trinajstić information content (AvgIpc) is 2.40. The highest BCUT2D eigenvalue weighted by Gasteiger charge is 2.14. The van der Waals surface area contributed by atoms with Gasteiger partial charge in [0.25, 0.3) is 0 Å². The molecule has 0 amide bonds. The average molecular weight is 224 g/mol. The molecule has 0 N–H and O–H groups in total. The van der Waals surface area contributed by atoms with E-state index < -0.39 is 0 Å². The van der Waals surface area contributed by atoms with Crippen LogP contribution in [0.5, 0.6) is 0 Å². The summed E-state index contributed by atoms with van der Waals surface area (Å²) in [6.45, 7) is 2.28. The van der Waals surface area contributed by atoms with Gasteiger partial charge in [-0.3, -0.25) is 0 Å². The van der Waals surface area contributed by atoms with Crippen LogP contribution in [-0.4, -0.2) is 19.0 Å². The van der Waals surface area contributed by atoms with Crippen LogP contribution in [0.1, 0.15) is 58.3 Å². The lowest BCUT2D eigenvalue weighted by Gasteiger charge is -2.21. The molecule has 0 aromatic heterocycles. The van der Waals surface area contributed by atoms with E-state index in [1.807, 2.05) is 6.92 Å². The number of ether oxygens (including phenoxy) is 2. The summed E-state index contributed by atoms with van der Waals surface area (Å²) in [5.74, 6) is 2.47. The number of hydrogen-bond donors (Lipinski definition) is 0. The molecule has 0 saturated heterocycles. The van der Waals surface area contributed by atoms with Crippen molar-refractivity contribution in [2.45, 2.75) is 70.7 Å². The van der Waals surface area contributed by atoms with Crippen LogP contribution in [0, 0.1) is 12.3 Å². The lowest BCUT2D eigenvalue weighted by molar-refractivity contribution is -0.155. The molecule has 0 aromatic rings. The first-order chi connectivity index (χ1) is 7.83. The van der Waals surface area contributed by atoms with Crippen LogP contribution in [0.15, 0.2) is 0 Å². The fourth-order valence-corrected chi connectivity index (χ4v) is 2.21. The molecule has 92 valence electrons. The van der Waals surface area contributed by atoms with Gasteiger partial charge in [-0.1, -0.05) is 44.4 Å². The van der Waals surface area contributed by atoms with Crippen LogP contribution < -0.4 is 0 Å². The van der Waals surface area contributed by atoms with Gasteiger partial charge in [0.05, 0.1) is 6.10 Å². The molecule has 2 heteroatoms. The smallest absolute Gasteiger partial charge is 0.156 e. The summed E-state index contributed by atoms with van der Waals surface area (Å²) in [7, 11) is 0. The first kappa shape index (κ1) is 13.5. The van der Waals surface area contributed by atoms with Gasteiger partial charge >= 0.3 is 0 Å². The minimum Gasteiger partial charge on any atom is -0.350 e. The Kier molecular flexibility index (Phi) is 7.29. The van der Waals surface area contributed by atoms with Gasteiger partial charge < -0.3 is 9.47 Å². The summed E-state index contributed by atoms with van der Waals surface area (Å²) in [6.07, 6.45) is 15.7. The molecule has 0 aromatic carbocycles. The maximum atomic E-state index is 5.87. The summed E-state index contributed by atoms with van der Waals surface area (Å²) in [5, 5.41) is 0. The molecule has 1 fully saturated rings. The fourth-order valence-electron chi connectivity index (χ4n) is 2.21. The molecule has 1 unspecified atom stereocenters. The Labute approximate surface area is 99.7 Å². The van der Waals surface area contributed by atoms with Gasteiger partial charge in [0.15, 0.2) is 6.29 Å². The molecule has 0 bridgehead atoms. The highest BCUT2D eigenvalue weighted by Crippen LogP contribution is 2.20. The second-order valence-electron chi connectivity index (χ2n) is 4.54. The van der Waals surface area contributed by atoms with E-state index in [0.717, 1.165) is 0 Å². The lowest BCUT2D eigenvalue weighted by Crippen LogP contribution is -2.22. The van der Waals surface area contributed by atoms with E-state index >= 15 is 0 Å². The maximum Gasteiger partial charge on any atom is 0.156 e. The predicted molar refractivity (Wildman–Crippen MR) is 66.1 cm³/mol. The van der Waals surface area contributed by atoms with E-state index in [2.05, 4.69) is 5.92 Å². The van der Waals surface area contributed by atoms with Crippen molar-refractivity contribution in [1.29, 1.82) is 0 Å². The molecule has 0 aliphatic heterocycles. The Morgan fingerprint density at radius 2 is 1.69 bits per heavy atom. The quantitative estimate of drug-likeness (QED) is 0.537. The predicted octanol–water partition coefficient (Wildman–Crippen LogP) is 3.50. The van der Waals surface area contributed by atoms with Gasteiger partial charge in [0.1, 0.15) is 6.61 Å². The molecule has 1 aliphatic carbocycles. The maximum absolute atomic E-state index is 5.87. The van der Waals surface area contributed by atoms with E-state index in [0.29, 0.717) is 12.7 Å². The van der Waals surface area contributed by atoms with Crippen molar-refractivity contribution in [1.82, 2.24) is 0 Å². The third kappa shape index (κ3) is 6.15. The van der Waals surface area contributed by atoms with Crippen molar-refractivity contribution in [2.75, 3.05) is 6.61 Å². The van der Waals surface area contributed by atoms with E-state index in [1.54, 1.807) is 0 Å². The SMILES string of the molecule is C#CCOC(C)OC1CCCCCCCC1. The van der Waals surface area contributed by atoms with Crippen molar-refractivity contribution < 1.29 is 9.47 Å². The van der Waals surface area contributed by atoms with E-state index in [1.165, 1.54) is 51.4 Å². The van der Waals surface area contributed by atoms with Crippen LogP contribution in [0.3, 0.4) is 0 Å². The summed E-state index contributed by atoms with van der Waals surface area (Å²) in [6, 6.07) is 0. The van der Waals surface area contributed by atoms with Gasteiger partial charge in [-0.2, -0.15) is 0 Å². The van der Waals surface area contributed by atoms with E-state index in [9.17, 15) is 0 Å². The first-order valence-electron chi connectivity index (χ1n) is 6.53. The molecule has 0 spiro atoms. The molecular formula is C14H24O2. The second kappa shape index (κ2) is 8.61. The number of rotatable bonds is 4. The van der Waals surface area contributed by atoms with Crippen molar-refractivity contribution in [3.8, 4) is 12.3 Å². The van der Waals surface area contributed by atoms with Crippen molar-refractivity contribution >= 4 is 0 Å². The van der Waals surface area contributed by atoms with Crippen LogP contribution in [0.25, 0.3) is 0 Å². The zero-order valence-corrected chi connectivity index (χ0v) is 10.4. The Morgan fingerprint density at radius 3 is 2.25 bits per heavy atom. The van der Waals surface area contributed by atoms with Crippen LogP contribution in [0.4, 0.5) is 0 Å². The van der Waals surface area contributed by atoms with E-state index in [-0.39, 0.29) is 6.29 Å². The topological polar surface area (TPSA) is 18.5 Å². The summed E-state index contributed by atoms with van der Waals surface area (Å²) in [4.78, 5) is 0. The fraction of sp³-hybridized carbons (Fsp3) is 0.857. The minimum absolute atomic E-state index is 0.165. The third-order valence-corrected chi connectivity index (χ3v) is 3.09. The summed E-state index contributed by atoms with van der Waals surface area (Å²) in [5.41, 5.74) is 0. The van der Waals surface area contributed by atoms with Gasteiger partial charge in [-0.25, -0.2) is 0 Å². The molecule has 2 nitrogen and oxygen atoms in total. The van der Waals surface area contributed by atoms with Crippen molar-refractivity contribution in [3.05, 3.63) is 0 Å². The Balaban J connectivity index is 2.23. The highest BCUT2D eigenvalue weighted by molar-refractivity contribution is 4.82. The lowest BCUT2D eigenvalue weighted by atomic mass is 10.1. The molecule has 0 heterocycles. The first-order valence-corrected chi connectivity index (χ1v) is 6.53. The van der Waals surface area contributed by atoms with Crippen LogP contribution in [-0.2, 0) is 9.47 Å². The Bertz CT molecular complexity index is 197. The normalized spacial score (nSPS) is 21.5. The number of terminal acetylenes is 1.